The Morgan fingerprint density at radius 3 is 2.63 bits per heavy atom. The monoisotopic (exact) mass is 248 g/mol. The van der Waals surface area contributed by atoms with Crippen molar-refractivity contribution in [2.45, 2.75) is 0 Å². The van der Waals surface area contributed by atoms with Gasteiger partial charge in [-0.25, -0.2) is 9.97 Å². The van der Waals surface area contributed by atoms with E-state index in [2.05, 4.69) is 16.0 Å². The van der Waals surface area contributed by atoms with Crippen molar-refractivity contribution in [2.24, 2.45) is 0 Å². The van der Waals surface area contributed by atoms with E-state index in [1.807, 2.05) is 49.3 Å². The van der Waals surface area contributed by atoms with E-state index in [0.717, 1.165) is 27.5 Å². The van der Waals surface area contributed by atoms with Crippen LogP contribution in [0.4, 0.5) is 5.82 Å². The number of benzene rings is 1. The van der Waals surface area contributed by atoms with Crippen LogP contribution in [0.5, 0.6) is 0 Å². The van der Waals surface area contributed by atoms with Crippen molar-refractivity contribution in [1.29, 1.82) is 5.26 Å². The summed E-state index contributed by atoms with van der Waals surface area (Å²) in [6.07, 6.45) is 1.77. The average Bonchev–Trinajstić information content (AvgIpc) is 2.45. The number of pyridine rings is 2. The molecule has 19 heavy (non-hydrogen) atoms. The fraction of sp³-hybridized carbons (Fsp3) is 0.133. The maximum atomic E-state index is 9.34. The van der Waals surface area contributed by atoms with E-state index in [1.54, 1.807) is 6.20 Å². The molecule has 0 radical (unpaired) electrons. The molecule has 0 saturated carbocycles. The van der Waals surface area contributed by atoms with Crippen LogP contribution >= 0.6 is 0 Å². The van der Waals surface area contributed by atoms with Crippen molar-refractivity contribution in [3.63, 3.8) is 0 Å². The lowest BCUT2D eigenvalue weighted by molar-refractivity contribution is 1.08. The largest absolute Gasteiger partial charge is 0.362 e. The Labute approximate surface area is 110 Å². The fourth-order valence-corrected chi connectivity index (χ4v) is 2.30. The molecule has 2 heterocycles. The molecule has 0 aliphatic heterocycles. The normalized spacial score (nSPS) is 10.6. The van der Waals surface area contributed by atoms with Gasteiger partial charge in [-0.2, -0.15) is 5.26 Å². The Kier molecular flexibility index (Phi) is 2.53. The van der Waals surface area contributed by atoms with Gasteiger partial charge in [0.2, 0.25) is 0 Å². The number of hydrogen-bond donors (Lipinski definition) is 0. The summed E-state index contributed by atoms with van der Waals surface area (Å²) < 4.78 is 0. The summed E-state index contributed by atoms with van der Waals surface area (Å²) in [5.74, 6) is 0.771. The number of nitriles is 1. The van der Waals surface area contributed by atoms with Crippen molar-refractivity contribution in [3.8, 4) is 6.07 Å². The molecule has 0 N–H and O–H groups in total. The van der Waals surface area contributed by atoms with Gasteiger partial charge in [-0.15, -0.1) is 0 Å². The quantitative estimate of drug-likeness (QED) is 0.621. The molecular weight excluding hydrogens is 236 g/mol. The second kappa shape index (κ2) is 4.21. The third kappa shape index (κ3) is 1.67. The van der Waals surface area contributed by atoms with Gasteiger partial charge in [0.1, 0.15) is 11.9 Å². The van der Waals surface area contributed by atoms with Crippen molar-refractivity contribution < 1.29 is 0 Å². The van der Waals surface area contributed by atoms with Crippen molar-refractivity contribution in [3.05, 3.63) is 42.2 Å². The first kappa shape index (κ1) is 11.4. The van der Waals surface area contributed by atoms with Crippen LogP contribution in [0.3, 0.4) is 0 Å². The molecule has 0 aliphatic rings. The number of aromatic nitrogens is 2. The highest BCUT2D eigenvalue weighted by atomic mass is 15.1. The van der Waals surface area contributed by atoms with Gasteiger partial charge in [0.25, 0.3) is 0 Å². The minimum absolute atomic E-state index is 0.422. The smallest absolute Gasteiger partial charge is 0.152 e. The highest BCUT2D eigenvalue weighted by Crippen LogP contribution is 2.30. The van der Waals surface area contributed by atoms with Crippen LogP contribution < -0.4 is 4.90 Å². The molecule has 0 amide bonds. The second-order valence-corrected chi connectivity index (χ2v) is 4.54. The molecule has 0 bridgehead atoms. The molecule has 4 heteroatoms. The first-order valence-electron chi connectivity index (χ1n) is 5.97. The summed E-state index contributed by atoms with van der Waals surface area (Å²) >= 11 is 0. The third-order valence-corrected chi connectivity index (χ3v) is 3.12. The molecule has 0 fully saturated rings. The lowest BCUT2D eigenvalue weighted by Crippen LogP contribution is -2.11. The fourth-order valence-electron chi connectivity index (χ4n) is 2.30. The zero-order chi connectivity index (χ0) is 13.4. The van der Waals surface area contributed by atoms with Crippen LogP contribution in [0.2, 0.25) is 0 Å². The Morgan fingerprint density at radius 2 is 1.89 bits per heavy atom. The molecule has 0 atom stereocenters. The van der Waals surface area contributed by atoms with E-state index in [1.165, 1.54) is 0 Å². The molecule has 1 aromatic carbocycles. The zero-order valence-electron chi connectivity index (χ0n) is 10.8. The minimum atomic E-state index is 0.422. The number of rotatable bonds is 1. The number of nitrogens with zero attached hydrogens (tertiary/aromatic N) is 4. The second-order valence-electron chi connectivity index (χ2n) is 4.54. The lowest BCUT2D eigenvalue weighted by Gasteiger charge is -2.15. The van der Waals surface area contributed by atoms with Crippen LogP contribution in [0, 0.1) is 11.3 Å². The molecule has 92 valence electrons. The van der Waals surface area contributed by atoms with Crippen LogP contribution in [-0.4, -0.2) is 24.1 Å². The van der Waals surface area contributed by atoms with Crippen LogP contribution in [0.1, 0.15) is 5.69 Å². The maximum absolute atomic E-state index is 9.34. The topological polar surface area (TPSA) is 52.8 Å². The van der Waals surface area contributed by atoms with Crippen LogP contribution in [0.25, 0.3) is 21.7 Å². The van der Waals surface area contributed by atoms with E-state index >= 15 is 0 Å². The maximum Gasteiger partial charge on any atom is 0.152 e. The third-order valence-electron chi connectivity index (χ3n) is 3.12. The van der Waals surface area contributed by atoms with Gasteiger partial charge in [-0.3, -0.25) is 0 Å². The van der Waals surface area contributed by atoms with Gasteiger partial charge in [0, 0.05) is 25.7 Å². The molecule has 3 rings (SSSR count). The van der Waals surface area contributed by atoms with Crippen molar-refractivity contribution in [1.82, 2.24) is 9.97 Å². The van der Waals surface area contributed by atoms with E-state index in [4.69, 9.17) is 0 Å². The molecule has 0 unspecified atom stereocenters. The Hall–Kier alpha value is -2.67. The highest BCUT2D eigenvalue weighted by Gasteiger charge is 2.13. The predicted octanol–water partition coefficient (Wildman–Crippen LogP) is 2.72. The van der Waals surface area contributed by atoms with Gasteiger partial charge < -0.3 is 4.90 Å². The summed E-state index contributed by atoms with van der Waals surface area (Å²) in [5, 5.41) is 12.2. The summed E-state index contributed by atoms with van der Waals surface area (Å²) in [4.78, 5) is 10.7. The van der Waals surface area contributed by atoms with E-state index in [0.29, 0.717) is 5.69 Å². The lowest BCUT2D eigenvalue weighted by atomic mass is 10.1. The summed E-state index contributed by atoms with van der Waals surface area (Å²) in [6, 6.07) is 12.0. The van der Waals surface area contributed by atoms with Gasteiger partial charge in [-0.05, 0) is 17.5 Å². The molecule has 4 nitrogen and oxygen atoms in total. The summed E-state index contributed by atoms with van der Waals surface area (Å²) in [6.45, 7) is 0. The number of anilines is 1. The standard InChI is InChI=1S/C15H12N4/c1-19(2)15-14-11(7-8-17-15)10-5-3-4-6-12(10)18-13(14)9-16/h3-8H,1-2H3. The zero-order valence-corrected chi connectivity index (χ0v) is 10.8. The Morgan fingerprint density at radius 1 is 1.11 bits per heavy atom. The first-order chi connectivity index (χ1) is 9.22. The molecular formula is C15H12N4. The molecule has 0 spiro atoms. The average molecular weight is 248 g/mol. The minimum Gasteiger partial charge on any atom is -0.362 e. The van der Waals surface area contributed by atoms with Gasteiger partial charge in [0.05, 0.1) is 10.9 Å². The van der Waals surface area contributed by atoms with Crippen LogP contribution in [0.15, 0.2) is 36.5 Å². The first-order valence-corrected chi connectivity index (χ1v) is 5.97. The summed E-state index contributed by atoms with van der Waals surface area (Å²) in [5.41, 5.74) is 1.26. The predicted molar refractivity (Wildman–Crippen MR) is 76.1 cm³/mol. The van der Waals surface area contributed by atoms with E-state index < -0.39 is 0 Å². The van der Waals surface area contributed by atoms with Crippen molar-refractivity contribution >= 4 is 27.5 Å². The van der Waals surface area contributed by atoms with E-state index in [-0.39, 0.29) is 0 Å². The van der Waals surface area contributed by atoms with Gasteiger partial charge in [0.15, 0.2) is 5.69 Å². The Balaban J connectivity index is 2.59. The molecule has 0 aliphatic carbocycles. The van der Waals surface area contributed by atoms with E-state index in [9.17, 15) is 5.26 Å². The Bertz CT molecular complexity index is 815. The summed E-state index contributed by atoms with van der Waals surface area (Å²) in [7, 11) is 3.83. The SMILES string of the molecule is CN(C)c1nccc2c1c(C#N)nc1ccccc12. The highest BCUT2D eigenvalue weighted by molar-refractivity contribution is 6.10. The molecule has 3 aromatic rings. The van der Waals surface area contributed by atoms with Gasteiger partial charge in [-0.1, -0.05) is 18.2 Å². The molecule has 0 saturated heterocycles. The number of hydrogen-bond acceptors (Lipinski definition) is 4. The van der Waals surface area contributed by atoms with Crippen LogP contribution in [-0.2, 0) is 0 Å². The van der Waals surface area contributed by atoms with Crippen molar-refractivity contribution in [2.75, 3.05) is 19.0 Å². The van der Waals surface area contributed by atoms with Gasteiger partial charge >= 0.3 is 0 Å². The molecule has 2 aromatic heterocycles. The number of para-hydroxylation sites is 1. The number of fused-ring (bicyclic) bond motifs is 3.